The number of nitrogens with zero attached hydrogens (tertiary/aromatic N) is 1. The standard InChI is InChI=1S/C14H18N2O/c15-8-7-10-1-4-12(5-2-10)16-13-6-3-11(9-13)14(16)17/h1-2,4-5,11,13H,3,6-9,15H2. The lowest BCUT2D eigenvalue weighted by atomic mass is 10.1. The smallest absolute Gasteiger partial charge is 0.230 e. The van der Waals surface area contributed by atoms with Crippen molar-refractivity contribution in [2.75, 3.05) is 11.4 Å². The minimum Gasteiger partial charge on any atom is -0.330 e. The molecular formula is C14H18N2O. The van der Waals surface area contributed by atoms with E-state index < -0.39 is 0 Å². The van der Waals surface area contributed by atoms with Crippen LogP contribution >= 0.6 is 0 Å². The van der Waals surface area contributed by atoms with Crippen LogP contribution in [0.5, 0.6) is 0 Å². The largest absolute Gasteiger partial charge is 0.330 e. The highest BCUT2D eigenvalue weighted by Gasteiger charge is 2.45. The zero-order valence-electron chi connectivity index (χ0n) is 9.93. The van der Waals surface area contributed by atoms with E-state index in [4.69, 9.17) is 5.73 Å². The van der Waals surface area contributed by atoms with Gasteiger partial charge in [0.2, 0.25) is 5.91 Å². The normalized spacial score (nSPS) is 26.9. The second-order valence-corrected chi connectivity index (χ2v) is 5.08. The molecule has 0 aromatic heterocycles. The molecule has 3 nitrogen and oxygen atoms in total. The van der Waals surface area contributed by atoms with Gasteiger partial charge in [0.15, 0.2) is 0 Å². The van der Waals surface area contributed by atoms with Gasteiger partial charge in [-0.1, -0.05) is 12.1 Å². The molecule has 1 aliphatic heterocycles. The molecule has 1 aromatic rings. The number of rotatable bonds is 3. The van der Waals surface area contributed by atoms with Gasteiger partial charge >= 0.3 is 0 Å². The van der Waals surface area contributed by atoms with Crippen molar-refractivity contribution in [1.82, 2.24) is 0 Å². The van der Waals surface area contributed by atoms with Crippen LogP contribution < -0.4 is 10.6 Å². The van der Waals surface area contributed by atoms with Crippen molar-refractivity contribution in [3.63, 3.8) is 0 Å². The molecule has 3 heteroatoms. The molecule has 2 aliphatic rings. The molecule has 1 heterocycles. The van der Waals surface area contributed by atoms with Gasteiger partial charge in [0.05, 0.1) is 0 Å². The number of carbonyl (C=O) groups excluding carboxylic acids is 1. The summed E-state index contributed by atoms with van der Waals surface area (Å²) in [7, 11) is 0. The van der Waals surface area contributed by atoms with E-state index in [0.717, 1.165) is 24.9 Å². The monoisotopic (exact) mass is 230 g/mol. The Morgan fingerprint density at radius 3 is 2.59 bits per heavy atom. The molecule has 2 fully saturated rings. The van der Waals surface area contributed by atoms with Crippen LogP contribution in [0.1, 0.15) is 24.8 Å². The highest BCUT2D eigenvalue weighted by molar-refractivity contribution is 5.98. The van der Waals surface area contributed by atoms with Gasteiger partial charge in [-0.25, -0.2) is 0 Å². The molecule has 2 atom stereocenters. The van der Waals surface area contributed by atoms with Crippen LogP contribution in [-0.2, 0) is 11.2 Å². The Balaban J connectivity index is 1.82. The van der Waals surface area contributed by atoms with Crippen molar-refractivity contribution in [2.24, 2.45) is 11.7 Å². The predicted molar refractivity (Wildman–Crippen MR) is 67.8 cm³/mol. The average Bonchev–Trinajstić information content (AvgIpc) is 2.91. The molecule has 2 unspecified atom stereocenters. The maximum Gasteiger partial charge on any atom is 0.230 e. The van der Waals surface area contributed by atoms with E-state index in [1.54, 1.807) is 0 Å². The number of anilines is 1. The molecular weight excluding hydrogens is 212 g/mol. The van der Waals surface area contributed by atoms with E-state index in [9.17, 15) is 4.79 Å². The third-order valence-corrected chi connectivity index (χ3v) is 4.00. The Hall–Kier alpha value is -1.35. The topological polar surface area (TPSA) is 46.3 Å². The molecule has 2 N–H and O–H groups in total. The van der Waals surface area contributed by atoms with Gasteiger partial charge in [-0.2, -0.15) is 0 Å². The van der Waals surface area contributed by atoms with Crippen LogP contribution in [-0.4, -0.2) is 18.5 Å². The third kappa shape index (κ3) is 1.75. The Morgan fingerprint density at radius 2 is 2.00 bits per heavy atom. The predicted octanol–water partition coefficient (Wildman–Crippen LogP) is 1.70. The maximum absolute atomic E-state index is 12.1. The van der Waals surface area contributed by atoms with Crippen LogP contribution in [0.25, 0.3) is 0 Å². The number of fused-ring (bicyclic) bond motifs is 2. The number of carbonyl (C=O) groups is 1. The van der Waals surface area contributed by atoms with Gasteiger partial charge in [0, 0.05) is 17.6 Å². The zero-order chi connectivity index (χ0) is 11.8. The van der Waals surface area contributed by atoms with Crippen molar-refractivity contribution in [3.05, 3.63) is 29.8 Å². The molecule has 0 radical (unpaired) electrons. The first-order valence-electron chi connectivity index (χ1n) is 6.41. The molecule has 1 amide bonds. The molecule has 1 saturated carbocycles. The molecule has 0 spiro atoms. The number of hydrogen-bond acceptors (Lipinski definition) is 2. The summed E-state index contributed by atoms with van der Waals surface area (Å²) in [6.07, 6.45) is 4.22. The lowest BCUT2D eigenvalue weighted by Crippen LogP contribution is -2.36. The van der Waals surface area contributed by atoms with E-state index in [-0.39, 0.29) is 0 Å². The highest BCUT2D eigenvalue weighted by Crippen LogP contribution is 2.41. The maximum atomic E-state index is 12.1. The molecule has 1 aliphatic carbocycles. The first-order chi connectivity index (χ1) is 8.29. The zero-order valence-corrected chi connectivity index (χ0v) is 9.93. The molecule has 1 saturated heterocycles. The Bertz CT molecular complexity index is 426. The molecule has 2 bridgehead atoms. The lowest BCUT2D eigenvalue weighted by molar-refractivity contribution is -0.121. The van der Waals surface area contributed by atoms with Crippen molar-refractivity contribution in [3.8, 4) is 0 Å². The van der Waals surface area contributed by atoms with E-state index >= 15 is 0 Å². The fourth-order valence-electron chi connectivity index (χ4n) is 3.12. The second kappa shape index (κ2) is 4.15. The number of piperidine rings is 1. The first-order valence-corrected chi connectivity index (χ1v) is 6.41. The summed E-state index contributed by atoms with van der Waals surface area (Å²) in [6, 6.07) is 8.74. The average molecular weight is 230 g/mol. The quantitative estimate of drug-likeness (QED) is 0.859. The van der Waals surface area contributed by atoms with Crippen molar-refractivity contribution in [1.29, 1.82) is 0 Å². The molecule has 3 rings (SSSR count). The van der Waals surface area contributed by atoms with Crippen molar-refractivity contribution < 1.29 is 4.79 Å². The van der Waals surface area contributed by atoms with E-state index in [1.807, 2.05) is 4.90 Å². The summed E-state index contributed by atoms with van der Waals surface area (Å²) in [5.74, 6) is 0.622. The summed E-state index contributed by atoms with van der Waals surface area (Å²) in [5, 5.41) is 0. The van der Waals surface area contributed by atoms with Crippen LogP contribution in [0.3, 0.4) is 0 Å². The number of benzene rings is 1. The third-order valence-electron chi connectivity index (χ3n) is 4.00. The van der Waals surface area contributed by atoms with Crippen LogP contribution in [0.4, 0.5) is 5.69 Å². The Kier molecular flexibility index (Phi) is 2.63. The first kappa shape index (κ1) is 10.8. The van der Waals surface area contributed by atoms with Crippen LogP contribution in [0, 0.1) is 5.92 Å². The summed E-state index contributed by atoms with van der Waals surface area (Å²) >= 11 is 0. The fourth-order valence-corrected chi connectivity index (χ4v) is 3.12. The molecule has 90 valence electrons. The highest BCUT2D eigenvalue weighted by atomic mass is 16.2. The molecule has 17 heavy (non-hydrogen) atoms. The van der Waals surface area contributed by atoms with Gasteiger partial charge in [-0.3, -0.25) is 4.79 Å². The summed E-state index contributed by atoms with van der Waals surface area (Å²) in [6.45, 7) is 0.673. The van der Waals surface area contributed by atoms with Crippen molar-refractivity contribution in [2.45, 2.75) is 31.7 Å². The number of hydrogen-bond donors (Lipinski definition) is 1. The number of nitrogens with two attached hydrogens (primary N) is 1. The van der Waals surface area contributed by atoms with E-state index in [0.29, 0.717) is 24.4 Å². The van der Waals surface area contributed by atoms with Gasteiger partial charge in [-0.15, -0.1) is 0 Å². The lowest BCUT2D eigenvalue weighted by Gasteiger charge is -2.27. The number of amides is 1. The minimum atomic E-state index is 0.295. The SMILES string of the molecule is NCCc1ccc(N2C(=O)C3CCC2C3)cc1. The van der Waals surface area contributed by atoms with E-state index in [1.165, 1.54) is 12.0 Å². The molecule has 1 aromatic carbocycles. The summed E-state index contributed by atoms with van der Waals surface area (Å²) in [5.41, 5.74) is 7.83. The second-order valence-electron chi connectivity index (χ2n) is 5.08. The van der Waals surface area contributed by atoms with Crippen LogP contribution in [0.15, 0.2) is 24.3 Å². The Labute approximate surface area is 102 Å². The van der Waals surface area contributed by atoms with Gasteiger partial charge in [0.25, 0.3) is 0 Å². The van der Waals surface area contributed by atoms with Gasteiger partial charge in [0.1, 0.15) is 0 Å². The summed E-state index contributed by atoms with van der Waals surface area (Å²) < 4.78 is 0. The van der Waals surface area contributed by atoms with E-state index in [2.05, 4.69) is 24.3 Å². The van der Waals surface area contributed by atoms with Crippen molar-refractivity contribution >= 4 is 11.6 Å². The minimum absolute atomic E-state index is 0.295. The summed E-state index contributed by atoms with van der Waals surface area (Å²) in [4.78, 5) is 14.1. The Morgan fingerprint density at radius 1 is 1.24 bits per heavy atom. The van der Waals surface area contributed by atoms with Gasteiger partial charge in [-0.05, 0) is 49.9 Å². The van der Waals surface area contributed by atoms with Gasteiger partial charge < -0.3 is 10.6 Å². The fraction of sp³-hybridized carbons (Fsp3) is 0.500. The van der Waals surface area contributed by atoms with Crippen LogP contribution in [0.2, 0.25) is 0 Å².